The largest absolute Gasteiger partial charge is 0.396 e. The monoisotopic (exact) mass is 156 g/mol. The van der Waals surface area contributed by atoms with Crippen molar-refractivity contribution in [1.29, 1.82) is 0 Å². The van der Waals surface area contributed by atoms with Gasteiger partial charge in [0.15, 0.2) is 0 Å². The first-order chi connectivity index (χ1) is 5.37. The van der Waals surface area contributed by atoms with E-state index in [1.54, 1.807) is 0 Å². The van der Waals surface area contributed by atoms with Crippen LogP contribution >= 0.6 is 0 Å². The zero-order valence-electron chi connectivity index (χ0n) is 6.88. The first kappa shape index (κ1) is 7.56. The molecule has 0 radical (unpaired) electrons. The van der Waals surface area contributed by atoms with Crippen molar-refractivity contribution >= 4 is 0 Å². The molecule has 1 saturated carbocycles. The van der Waals surface area contributed by atoms with Gasteiger partial charge in [-0.2, -0.15) is 0 Å². The molecule has 2 heteroatoms. The van der Waals surface area contributed by atoms with Crippen molar-refractivity contribution in [2.24, 2.45) is 0 Å². The van der Waals surface area contributed by atoms with Gasteiger partial charge < -0.3 is 9.84 Å². The molecule has 0 amide bonds. The maximum Gasteiger partial charge on any atom is 0.0970 e. The minimum Gasteiger partial charge on any atom is -0.396 e. The Hall–Kier alpha value is -0.0800. The molecule has 2 nitrogen and oxygen atoms in total. The van der Waals surface area contributed by atoms with Crippen molar-refractivity contribution in [2.75, 3.05) is 6.61 Å². The minimum atomic E-state index is 0.130. The molecular formula is C9H16O2. The summed E-state index contributed by atoms with van der Waals surface area (Å²) in [6.45, 7) is 0.288. The number of rotatable bonds is 2. The Labute approximate surface area is 67.6 Å². The van der Waals surface area contributed by atoms with Gasteiger partial charge in [-0.1, -0.05) is 19.3 Å². The van der Waals surface area contributed by atoms with E-state index >= 15 is 0 Å². The van der Waals surface area contributed by atoms with Crippen molar-refractivity contribution in [3.05, 3.63) is 0 Å². The fraction of sp³-hybridized carbons (Fsp3) is 1.00. The molecule has 1 saturated heterocycles. The lowest BCUT2D eigenvalue weighted by Crippen LogP contribution is -2.15. The second-order valence-electron chi connectivity index (χ2n) is 3.74. The molecule has 1 N–H and O–H groups in total. The molecule has 1 heterocycles. The second kappa shape index (κ2) is 2.76. The Balaban J connectivity index is 1.93. The van der Waals surface area contributed by atoms with E-state index in [0.717, 1.165) is 6.42 Å². The molecule has 2 aliphatic rings. The number of aliphatic hydroxyl groups excluding tert-OH is 1. The summed E-state index contributed by atoms with van der Waals surface area (Å²) in [7, 11) is 0. The van der Waals surface area contributed by atoms with E-state index in [0.29, 0.717) is 6.10 Å². The third kappa shape index (κ3) is 1.30. The van der Waals surface area contributed by atoms with Crippen LogP contribution in [-0.4, -0.2) is 23.4 Å². The summed E-state index contributed by atoms with van der Waals surface area (Å²) in [5.41, 5.74) is 0.130. The van der Waals surface area contributed by atoms with Crippen LogP contribution in [0.15, 0.2) is 0 Å². The van der Waals surface area contributed by atoms with Crippen molar-refractivity contribution in [3.63, 3.8) is 0 Å². The highest BCUT2D eigenvalue weighted by atomic mass is 16.6. The van der Waals surface area contributed by atoms with Crippen LogP contribution in [0.2, 0.25) is 0 Å². The fourth-order valence-corrected chi connectivity index (χ4v) is 2.26. The molecule has 2 fully saturated rings. The maximum atomic E-state index is 8.82. The van der Waals surface area contributed by atoms with Gasteiger partial charge in [-0.15, -0.1) is 0 Å². The topological polar surface area (TPSA) is 32.8 Å². The molecule has 2 rings (SSSR count). The highest BCUT2D eigenvalue weighted by molar-refractivity contribution is 5.03. The van der Waals surface area contributed by atoms with Crippen LogP contribution in [0.5, 0.6) is 0 Å². The SMILES string of the molecule is OCCC12CCCCCC1O2. The predicted molar refractivity (Wildman–Crippen MR) is 42.4 cm³/mol. The van der Waals surface area contributed by atoms with Gasteiger partial charge in [0.25, 0.3) is 0 Å². The van der Waals surface area contributed by atoms with Crippen molar-refractivity contribution in [3.8, 4) is 0 Å². The van der Waals surface area contributed by atoms with Gasteiger partial charge in [0.1, 0.15) is 0 Å². The summed E-state index contributed by atoms with van der Waals surface area (Å²) in [6.07, 6.45) is 7.72. The Morgan fingerprint density at radius 1 is 1.36 bits per heavy atom. The molecule has 11 heavy (non-hydrogen) atoms. The number of aliphatic hydroxyl groups is 1. The molecule has 0 aromatic heterocycles. The Kier molecular flexibility index (Phi) is 1.90. The maximum absolute atomic E-state index is 8.82. The average molecular weight is 156 g/mol. The normalized spacial score (nSPS) is 42.8. The van der Waals surface area contributed by atoms with Crippen molar-refractivity contribution < 1.29 is 9.84 Å². The van der Waals surface area contributed by atoms with E-state index in [1.807, 2.05) is 0 Å². The number of epoxide rings is 1. The van der Waals surface area contributed by atoms with Gasteiger partial charge in [0.2, 0.25) is 0 Å². The van der Waals surface area contributed by atoms with Crippen molar-refractivity contribution in [2.45, 2.75) is 50.2 Å². The van der Waals surface area contributed by atoms with Crippen LogP contribution in [0.25, 0.3) is 0 Å². The van der Waals surface area contributed by atoms with Gasteiger partial charge in [0, 0.05) is 13.0 Å². The smallest absolute Gasteiger partial charge is 0.0970 e. The molecule has 0 aromatic carbocycles. The zero-order valence-corrected chi connectivity index (χ0v) is 6.88. The van der Waals surface area contributed by atoms with E-state index < -0.39 is 0 Å². The lowest BCUT2D eigenvalue weighted by molar-refractivity contribution is 0.199. The molecule has 0 aromatic rings. The van der Waals surface area contributed by atoms with Crippen LogP contribution < -0.4 is 0 Å². The molecule has 2 atom stereocenters. The number of hydrogen-bond acceptors (Lipinski definition) is 2. The average Bonchev–Trinajstić information content (AvgIpc) is 2.62. The van der Waals surface area contributed by atoms with E-state index in [9.17, 15) is 0 Å². The quantitative estimate of drug-likeness (QED) is 0.614. The molecule has 1 aliphatic carbocycles. The Morgan fingerprint density at radius 2 is 2.27 bits per heavy atom. The summed E-state index contributed by atoms with van der Waals surface area (Å²) in [6, 6.07) is 0. The lowest BCUT2D eigenvalue weighted by atomic mass is 9.97. The van der Waals surface area contributed by atoms with E-state index in [4.69, 9.17) is 9.84 Å². The first-order valence-corrected chi connectivity index (χ1v) is 4.66. The van der Waals surface area contributed by atoms with Crippen molar-refractivity contribution in [1.82, 2.24) is 0 Å². The summed E-state index contributed by atoms with van der Waals surface area (Å²) in [5, 5.41) is 8.82. The summed E-state index contributed by atoms with van der Waals surface area (Å²) < 4.78 is 5.63. The van der Waals surface area contributed by atoms with Gasteiger partial charge in [-0.3, -0.25) is 0 Å². The highest BCUT2D eigenvalue weighted by Gasteiger charge is 2.54. The minimum absolute atomic E-state index is 0.130. The summed E-state index contributed by atoms with van der Waals surface area (Å²) in [5.74, 6) is 0. The van der Waals surface area contributed by atoms with Gasteiger partial charge in [-0.05, 0) is 12.8 Å². The van der Waals surface area contributed by atoms with Crippen LogP contribution in [0, 0.1) is 0 Å². The lowest BCUT2D eigenvalue weighted by Gasteiger charge is -2.07. The number of ether oxygens (including phenoxy) is 1. The summed E-state index contributed by atoms with van der Waals surface area (Å²) >= 11 is 0. The molecule has 0 bridgehead atoms. The first-order valence-electron chi connectivity index (χ1n) is 4.66. The molecular weight excluding hydrogens is 140 g/mol. The van der Waals surface area contributed by atoms with Crippen LogP contribution in [0.3, 0.4) is 0 Å². The molecule has 2 unspecified atom stereocenters. The van der Waals surface area contributed by atoms with E-state index in [2.05, 4.69) is 0 Å². The molecule has 0 spiro atoms. The second-order valence-corrected chi connectivity index (χ2v) is 3.74. The third-order valence-electron chi connectivity index (χ3n) is 3.01. The van der Waals surface area contributed by atoms with E-state index in [1.165, 1.54) is 32.1 Å². The Bertz CT molecular complexity index is 146. The van der Waals surface area contributed by atoms with Gasteiger partial charge in [-0.25, -0.2) is 0 Å². The number of hydrogen-bond donors (Lipinski definition) is 1. The van der Waals surface area contributed by atoms with Gasteiger partial charge >= 0.3 is 0 Å². The molecule has 64 valence electrons. The third-order valence-corrected chi connectivity index (χ3v) is 3.01. The van der Waals surface area contributed by atoms with Crippen LogP contribution in [0.4, 0.5) is 0 Å². The predicted octanol–water partition coefficient (Wildman–Crippen LogP) is 1.47. The van der Waals surface area contributed by atoms with Crippen LogP contribution in [0.1, 0.15) is 38.5 Å². The molecule has 1 aliphatic heterocycles. The summed E-state index contributed by atoms with van der Waals surface area (Å²) in [4.78, 5) is 0. The van der Waals surface area contributed by atoms with Gasteiger partial charge in [0.05, 0.1) is 11.7 Å². The van der Waals surface area contributed by atoms with E-state index in [-0.39, 0.29) is 12.2 Å². The van der Waals surface area contributed by atoms with Crippen LogP contribution in [-0.2, 0) is 4.74 Å². The zero-order chi connectivity index (χ0) is 7.73. The standard InChI is InChI=1S/C9H16O2/c10-7-6-9-5-3-1-2-4-8(9)11-9/h8,10H,1-7H2. The number of fused-ring (bicyclic) bond motifs is 1. The Morgan fingerprint density at radius 3 is 3.09 bits per heavy atom. The fourth-order valence-electron chi connectivity index (χ4n) is 2.26. The highest BCUT2D eigenvalue weighted by Crippen LogP contribution is 2.48.